The molecule has 2 aromatic carbocycles. The summed E-state index contributed by atoms with van der Waals surface area (Å²) >= 11 is 0. The lowest BCUT2D eigenvalue weighted by molar-refractivity contribution is -0.114. The molecule has 154 valence electrons. The van der Waals surface area contributed by atoms with Crippen molar-refractivity contribution in [3.05, 3.63) is 41.5 Å². The van der Waals surface area contributed by atoms with Gasteiger partial charge in [-0.1, -0.05) is 0 Å². The smallest absolute Gasteiger partial charge is 0.221 e. The van der Waals surface area contributed by atoms with E-state index in [1.807, 2.05) is 12.1 Å². The molecule has 2 aromatic rings. The second-order valence-corrected chi connectivity index (χ2v) is 6.21. The first-order valence-electron chi connectivity index (χ1n) is 8.97. The van der Waals surface area contributed by atoms with Gasteiger partial charge in [-0.25, -0.2) is 0 Å². The Morgan fingerprint density at radius 2 is 1.70 bits per heavy atom. The minimum absolute atomic E-state index is 0.0780. The Bertz CT molecular complexity index is 997. The molecule has 10 heteroatoms. The van der Waals surface area contributed by atoms with E-state index in [1.54, 1.807) is 23.1 Å². The molecular formula is C20H21N7O3. The van der Waals surface area contributed by atoms with Crippen LogP contribution in [0.15, 0.2) is 40.6 Å². The van der Waals surface area contributed by atoms with Crippen LogP contribution < -0.4 is 16.0 Å². The second-order valence-electron chi connectivity index (χ2n) is 6.21. The molecule has 0 aromatic heterocycles. The van der Waals surface area contributed by atoms with E-state index in [-0.39, 0.29) is 41.6 Å². The maximum absolute atomic E-state index is 11.6. The van der Waals surface area contributed by atoms with E-state index in [0.29, 0.717) is 30.2 Å². The summed E-state index contributed by atoms with van der Waals surface area (Å²) in [5.74, 6) is -0.331. The van der Waals surface area contributed by atoms with Crippen LogP contribution in [0, 0.1) is 22.7 Å². The van der Waals surface area contributed by atoms with Gasteiger partial charge in [0, 0.05) is 31.4 Å². The van der Waals surface area contributed by atoms with Crippen LogP contribution in [0.4, 0.5) is 28.4 Å². The van der Waals surface area contributed by atoms with Crippen LogP contribution in [-0.2, 0) is 4.79 Å². The molecule has 0 atom stereocenters. The number of nitrogens with zero attached hydrogens (tertiary/aromatic N) is 5. The SMILES string of the molecule is CC(=O)Nc1cc(N(CCO)CCO)ccc1/N=N/c1c(C#N)cc(N)cc1C#N. The van der Waals surface area contributed by atoms with Crippen molar-refractivity contribution in [1.82, 2.24) is 0 Å². The van der Waals surface area contributed by atoms with E-state index in [0.717, 1.165) is 0 Å². The number of nitriles is 2. The summed E-state index contributed by atoms with van der Waals surface area (Å²) in [6, 6.07) is 11.6. The fraction of sp³-hybridized carbons (Fsp3) is 0.250. The number of hydrogen-bond acceptors (Lipinski definition) is 9. The van der Waals surface area contributed by atoms with Crippen molar-refractivity contribution < 1.29 is 15.0 Å². The molecule has 0 saturated heterocycles. The molecule has 0 spiro atoms. The molecule has 0 aliphatic rings. The summed E-state index contributed by atoms with van der Waals surface area (Å²) in [6.45, 7) is 1.71. The minimum Gasteiger partial charge on any atom is -0.399 e. The topological polar surface area (TPSA) is 171 Å². The number of carbonyl (C=O) groups excluding carboxylic acids is 1. The van der Waals surface area contributed by atoms with Crippen LogP contribution in [0.5, 0.6) is 0 Å². The molecule has 0 bridgehead atoms. The lowest BCUT2D eigenvalue weighted by Gasteiger charge is -2.23. The number of hydrogen-bond donors (Lipinski definition) is 4. The number of nitrogens with two attached hydrogens (primary N) is 1. The van der Waals surface area contributed by atoms with Gasteiger partial charge in [0.15, 0.2) is 0 Å². The van der Waals surface area contributed by atoms with Crippen molar-refractivity contribution in [3.63, 3.8) is 0 Å². The van der Waals surface area contributed by atoms with Crippen molar-refractivity contribution in [1.29, 1.82) is 10.5 Å². The van der Waals surface area contributed by atoms with Crippen LogP contribution in [0.25, 0.3) is 0 Å². The van der Waals surface area contributed by atoms with E-state index in [4.69, 9.17) is 5.73 Å². The summed E-state index contributed by atoms with van der Waals surface area (Å²) in [5, 5.41) is 47.9. The zero-order valence-corrected chi connectivity index (χ0v) is 16.3. The highest BCUT2D eigenvalue weighted by molar-refractivity contribution is 5.93. The first-order chi connectivity index (χ1) is 14.4. The molecule has 0 saturated carbocycles. The quantitative estimate of drug-likeness (QED) is 0.383. The van der Waals surface area contributed by atoms with Gasteiger partial charge in [-0.05, 0) is 30.3 Å². The molecule has 30 heavy (non-hydrogen) atoms. The number of amides is 1. The predicted molar refractivity (Wildman–Crippen MR) is 112 cm³/mol. The second kappa shape index (κ2) is 10.5. The zero-order chi connectivity index (χ0) is 22.1. The standard InChI is InChI=1S/C20H21N7O3/c1-13(30)24-19-10-17(27(4-6-28)5-7-29)2-3-18(19)25-26-20-14(11-21)8-16(23)9-15(20)12-22/h2-3,8-10,28-29H,4-7,23H2,1H3,(H,24,30)/b26-25+. The van der Waals surface area contributed by atoms with E-state index < -0.39 is 0 Å². The first kappa shape index (κ1) is 22.3. The minimum atomic E-state index is -0.331. The van der Waals surface area contributed by atoms with Gasteiger partial charge in [0.05, 0.1) is 30.0 Å². The Hall–Kier alpha value is -3.99. The molecule has 10 nitrogen and oxygen atoms in total. The van der Waals surface area contributed by atoms with Crippen LogP contribution in [0.3, 0.4) is 0 Å². The van der Waals surface area contributed by atoms with E-state index >= 15 is 0 Å². The highest BCUT2D eigenvalue weighted by Gasteiger charge is 2.13. The number of aliphatic hydroxyl groups excluding tert-OH is 2. The Kier molecular flexibility index (Phi) is 7.82. The molecule has 0 unspecified atom stereocenters. The Morgan fingerprint density at radius 3 is 2.20 bits per heavy atom. The van der Waals surface area contributed by atoms with Crippen LogP contribution in [0.2, 0.25) is 0 Å². The third-order valence-corrected chi connectivity index (χ3v) is 4.03. The maximum atomic E-state index is 11.6. The van der Waals surface area contributed by atoms with Gasteiger partial charge < -0.3 is 26.2 Å². The molecule has 0 fully saturated rings. The van der Waals surface area contributed by atoms with Gasteiger partial charge in [0.1, 0.15) is 23.5 Å². The third-order valence-electron chi connectivity index (χ3n) is 4.03. The number of nitrogen functional groups attached to an aromatic ring is 1. The first-order valence-corrected chi connectivity index (χ1v) is 8.97. The third kappa shape index (κ3) is 5.52. The lowest BCUT2D eigenvalue weighted by Crippen LogP contribution is -2.29. The van der Waals surface area contributed by atoms with E-state index in [2.05, 4.69) is 15.5 Å². The number of aliphatic hydroxyl groups is 2. The lowest BCUT2D eigenvalue weighted by atomic mass is 10.1. The summed E-state index contributed by atoms with van der Waals surface area (Å²) in [5.41, 5.74) is 7.54. The average Bonchev–Trinajstić information content (AvgIpc) is 2.72. The zero-order valence-electron chi connectivity index (χ0n) is 16.3. The fourth-order valence-electron chi connectivity index (χ4n) is 2.75. The monoisotopic (exact) mass is 407 g/mol. The molecule has 5 N–H and O–H groups in total. The Morgan fingerprint density at radius 1 is 1.10 bits per heavy atom. The summed E-state index contributed by atoms with van der Waals surface area (Å²) in [4.78, 5) is 13.4. The molecule has 2 rings (SSSR count). The number of nitrogens with one attached hydrogen (secondary N) is 1. The van der Waals surface area contributed by atoms with Crippen molar-refractivity contribution >= 4 is 34.3 Å². The van der Waals surface area contributed by atoms with Crippen LogP contribution in [0.1, 0.15) is 18.1 Å². The van der Waals surface area contributed by atoms with Crippen LogP contribution in [-0.4, -0.2) is 42.4 Å². The van der Waals surface area contributed by atoms with Crippen molar-refractivity contribution in [3.8, 4) is 12.1 Å². The summed E-state index contributed by atoms with van der Waals surface area (Å²) in [6.07, 6.45) is 0. The van der Waals surface area contributed by atoms with Gasteiger partial charge in [-0.15, -0.1) is 10.2 Å². The molecule has 1 amide bonds. The highest BCUT2D eigenvalue weighted by atomic mass is 16.3. The molecule has 0 heterocycles. The number of azo groups is 1. The van der Waals surface area contributed by atoms with Gasteiger partial charge in [-0.3, -0.25) is 4.79 Å². The largest absolute Gasteiger partial charge is 0.399 e. The van der Waals surface area contributed by atoms with Crippen molar-refractivity contribution in [2.24, 2.45) is 10.2 Å². The van der Waals surface area contributed by atoms with E-state index in [1.165, 1.54) is 19.1 Å². The van der Waals surface area contributed by atoms with Gasteiger partial charge in [0.25, 0.3) is 0 Å². The van der Waals surface area contributed by atoms with Crippen molar-refractivity contribution in [2.45, 2.75) is 6.92 Å². The maximum Gasteiger partial charge on any atom is 0.221 e. The number of anilines is 3. The van der Waals surface area contributed by atoms with Gasteiger partial charge in [-0.2, -0.15) is 10.5 Å². The fourth-order valence-corrected chi connectivity index (χ4v) is 2.75. The van der Waals surface area contributed by atoms with Gasteiger partial charge in [0.2, 0.25) is 5.91 Å². The molecule has 0 aliphatic carbocycles. The molecular weight excluding hydrogens is 386 g/mol. The van der Waals surface area contributed by atoms with Crippen molar-refractivity contribution in [2.75, 3.05) is 42.3 Å². The van der Waals surface area contributed by atoms with E-state index in [9.17, 15) is 25.5 Å². The number of rotatable bonds is 8. The number of carbonyl (C=O) groups is 1. The Balaban J connectivity index is 2.51. The molecule has 0 aliphatic heterocycles. The summed E-state index contributed by atoms with van der Waals surface area (Å²) in [7, 11) is 0. The highest BCUT2D eigenvalue weighted by Crippen LogP contribution is 2.33. The summed E-state index contributed by atoms with van der Waals surface area (Å²) < 4.78 is 0. The average molecular weight is 407 g/mol. The predicted octanol–water partition coefficient (Wildman–Crippen LogP) is 2.18. The van der Waals surface area contributed by atoms with Gasteiger partial charge >= 0.3 is 0 Å². The normalized spacial score (nSPS) is 10.4. The van der Waals surface area contributed by atoms with Crippen LogP contribution >= 0.6 is 0 Å². The molecule has 0 radical (unpaired) electrons. The Labute approximate surface area is 173 Å². The number of benzene rings is 2.